The number of nitrogens with zero attached hydrogens (tertiary/aromatic N) is 3. The first-order valence-electron chi connectivity index (χ1n) is 8.13. The van der Waals surface area contributed by atoms with Crippen LogP contribution < -0.4 is 0 Å². The molecule has 118 valence electrons. The molecule has 0 amide bonds. The largest absolute Gasteiger partial charge is 0.478 e. The Balaban J connectivity index is 1.86. The highest BCUT2D eigenvalue weighted by molar-refractivity contribution is 6.06. The van der Waals surface area contributed by atoms with E-state index in [2.05, 4.69) is 16.7 Å². The van der Waals surface area contributed by atoms with Crippen LogP contribution in [0, 0.1) is 5.92 Å². The van der Waals surface area contributed by atoms with E-state index >= 15 is 0 Å². The maximum absolute atomic E-state index is 11.2. The molecule has 1 N–H and O–H groups in total. The van der Waals surface area contributed by atoms with Crippen LogP contribution in [0.3, 0.4) is 0 Å². The first kappa shape index (κ1) is 13.5. The fraction of sp³-hybridized carbons (Fsp3) is 0.211. The number of rotatable bonds is 3. The summed E-state index contributed by atoms with van der Waals surface area (Å²) in [6.45, 7) is 0.947. The van der Waals surface area contributed by atoms with Gasteiger partial charge in [-0.3, -0.25) is 0 Å². The number of fused-ring (bicyclic) bond motifs is 4. The summed E-state index contributed by atoms with van der Waals surface area (Å²) in [4.78, 5) is 20.8. The van der Waals surface area contributed by atoms with Gasteiger partial charge >= 0.3 is 5.97 Å². The summed E-state index contributed by atoms with van der Waals surface area (Å²) >= 11 is 0. The lowest BCUT2D eigenvalue weighted by atomic mass is 10.2. The fourth-order valence-corrected chi connectivity index (χ4v) is 3.31. The maximum atomic E-state index is 11.2. The highest BCUT2D eigenvalue weighted by Crippen LogP contribution is 2.35. The van der Waals surface area contributed by atoms with E-state index in [1.165, 1.54) is 12.8 Å². The number of hydrogen-bond acceptors (Lipinski definition) is 3. The molecule has 2 aromatic carbocycles. The molecular formula is C19H15N3O2. The van der Waals surface area contributed by atoms with E-state index < -0.39 is 5.97 Å². The quantitative estimate of drug-likeness (QED) is 0.623. The number of benzene rings is 2. The molecule has 1 aliphatic carbocycles. The highest BCUT2D eigenvalue weighted by atomic mass is 16.4. The summed E-state index contributed by atoms with van der Waals surface area (Å²) in [6.07, 6.45) is 2.52. The van der Waals surface area contributed by atoms with Crippen LogP contribution in [0.2, 0.25) is 0 Å². The Bertz CT molecular complexity index is 1130. The summed E-state index contributed by atoms with van der Waals surface area (Å²) in [7, 11) is 0. The number of carboxylic acids is 1. The van der Waals surface area contributed by atoms with Crippen LogP contribution in [0.1, 0.15) is 23.2 Å². The van der Waals surface area contributed by atoms with E-state index in [9.17, 15) is 9.90 Å². The molecule has 0 atom stereocenters. The predicted molar refractivity (Wildman–Crippen MR) is 92.2 cm³/mol. The highest BCUT2D eigenvalue weighted by Gasteiger charge is 2.24. The molecule has 0 saturated heterocycles. The summed E-state index contributed by atoms with van der Waals surface area (Å²) < 4.78 is 2.24. The second kappa shape index (κ2) is 4.77. The minimum Gasteiger partial charge on any atom is -0.478 e. The molecule has 2 aromatic heterocycles. The topological polar surface area (TPSA) is 68.0 Å². The second-order valence-electron chi connectivity index (χ2n) is 6.48. The van der Waals surface area contributed by atoms with Crippen molar-refractivity contribution in [3.05, 3.63) is 48.0 Å². The molecule has 0 aliphatic heterocycles. The van der Waals surface area contributed by atoms with Crippen molar-refractivity contribution in [3.63, 3.8) is 0 Å². The van der Waals surface area contributed by atoms with Crippen LogP contribution in [0.4, 0.5) is 0 Å². The molecule has 0 bridgehead atoms. The smallest absolute Gasteiger partial charge is 0.335 e. The van der Waals surface area contributed by atoms with Crippen molar-refractivity contribution in [3.8, 4) is 0 Å². The normalized spacial score (nSPS) is 14.7. The second-order valence-corrected chi connectivity index (χ2v) is 6.48. The molecule has 1 aliphatic rings. The van der Waals surface area contributed by atoms with Crippen molar-refractivity contribution in [2.75, 3.05) is 0 Å². The van der Waals surface area contributed by atoms with E-state index in [4.69, 9.17) is 9.97 Å². The lowest BCUT2D eigenvalue weighted by Gasteiger charge is -2.06. The number of para-hydroxylation sites is 1. The van der Waals surface area contributed by atoms with Gasteiger partial charge in [-0.15, -0.1) is 0 Å². The van der Waals surface area contributed by atoms with Gasteiger partial charge in [0.2, 0.25) is 0 Å². The first-order chi connectivity index (χ1) is 11.7. The summed E-state index contributed by atoms with van der Waals surface area (Å²) in [5.74, 6) is -0.232. The zero-order chi connectivity index (χ0) is 16.3. The van der Waals surface area contributed by atoms with Gasteiger partial charge < -0.3 is 9.67 Å². The minimum atomic E-state index is -0.947. The Morgan fingerprint density at radius 1 is 1.12 bits per heavy atom. The van der Waals surface area contributed by atoms with Crippen LogP contribution >= 0.6 is 0 Å². The van der Waals surface area contributed by atoms with Gasteiger partial charge in [0.05, 0.1) is 22.1 Å². The van der Waals surface area contributed by atoms with Crippen molar-refractivity contribution in [2.24, 2.45) is 5.92 Å². The van der Waals surface area contributed by atoms with Crippen molar-refractivity contribution in [2.45, 2.75) is 19.4 Å². The number of hydrogen-bond donors (Lipinski definition) is 1. The molecule has 0 unspecified atom stereocenters. The Morgan fingerprint density at radius 3 is 2.75 bits per heavy atom. The molecule has 1 fully saturated rings. The zero-order valence-electron chi connectivity index (χ0n) is 12.9. The SMILES string of the molecule is O=C(O)c1ccc2nc3c4ccccc4n(CC4CC4)c3nc2c1. The van der Waals surface area contributed by atoms with Crippen LogP contribution in [-0.2, 0) is 6.54 Å². The summed E-state index contributed by atoms with van der Waals surface area (Å²) in [5.41, 5.74) is 4.47. The third-order valence-corrected chi connectivity index (χ3v) is 4.74. The lowest BCUT2D eigenvalue weighted by molar-refractivity contribution is 0.0697. The third-order valence-electron chi connectivity index (χ3n) is 4.74. The predicted octanol–water partition coefficient (Wildman–Crippen LogP) is 3.85. The van der Waals surface area contributed by atoms with Crippen LogP contribution in [-0.4, -0.2) is 25.6 Å². The molecule has 0 spiro atoms. The van der Waals surface area contributed by atoms with Gasteiger partial charge in [-0.25, -0.2) is 14.8 Å². The fourth-order valence-electron chi connectivity index (χ4n) is 3.31. The molecule has 5 rings (SSSR count). The van der Waals surface area contributed by atoms with Gasteiger partial charge in [0, 0.05) is 11.9 Å². The van der Waals surface area contributed by atoms with Crippen LogP contribution in [0.25, 0.3) is 33.1 Å². The maximum Gasteiger partial charge on any atom is 0.335 e. The van der Waals surface area contributed by atoms with Gasteiger partial charge in [-0.1, -0.05) is 18.2 Å². The van der Waals surface area contributed by atoms with Crippen molar-refractivity contribution in [1.29, 1.82) is 0 Å². The minimum absolute atomic E-state index is 0.237. The number of carboxylic acid groups (broad SMARTS) is 1. The molecule has 24 heavy (non-hydrogen) atoms. The van der Waals surface area contributed by atoms with Gasteiger partial charge in [-0.05, 0) is 43.0 Å². The van der Waals surface area contributed by atoms with Gasteiger partial charge in [0.25, 0.3) is 0 Å². The van der Waals surface area contributed by atoms with E-state index in [0.717, 1.165) is 34.1 Å². The van der Waals surface area contributed by atoms with E-state index in [1.54, 1.807) is 18.2 Å². The first-order valence-corrected chi connectivity index (χ1v) is 8.13. The molecule has 5 heteroatoms. The third kappa shape index (κ3) is 1.98. The average molecular weight is 317 g/mol. The monoisotopic (exact) mass is 317 g/mol. The van der Waals surface area contributed by atoms with Crippen LogP contribution in [0.5, 0.6) is 0 Å². The Kier molecular flexibility index (Phi) is 2.68. The van der Waals surface area contributed by atoms with Crippen molar-refractivity contribution >= 4 is 39.1 Å². The van der Waals surface area contributed by atoms with Gasteiger partial charge in [0.15, 0.2) is 5.65 Å². The van der Waals surface area contributed by atoms with Gasteiger partial charge in [-0.2, -0.15) is 0 Å². The summed E-state index contributed by atoms with van der Waals surface area (Å²) in [6, 6.07) is 13.1. The molecule has 5 nitrogen and oxygen atoms in total. The molecular weight excluding hydrogens is 302 g/mol. The Morgan fingerprint density at radius 2 is 1.96 bits per heavy atom. The van der Waals surface area contributed by atoms with Crippen molar-refractivity contribution < 1.29 is 9.90 Å². The Hall–Kier alpha value is -2.95. The van der Waals surface area contributed by atoms with Gasteiger partial charge in [0.1, 0.15) is 5.52 Å². The molecule has 4 aromatic rings. The lowest BCUT2D eigenvalue weighted by Crippen LogP contribution is -2.02. The average Bonchev–Trinajstić information content (AvgIpc) is 3.37. The molecule has 0 radical (unpaired) electrons. The molecule has 2 heterocycles. The van der Waals surface area contributed by atoms with E-state index in [1.807, 2.05) is 12.1 Å². The number of aromatic nitrogens is 3. The molecule has 1 saturated carbocycles. The number of carbonyl (C=O) groups is 1. The standard InChI is InChI=1S/C19H15N3O2/c23-19(24)12-7-8-14-15(9-12)21-18-17(20-14)13-3-1-2-4-16(13)22(18)10-11-5-6-11/h1-4,7-9,11H,5-6,10H2,(H,23,24). The van der Waals surface area contributed by atoms with Crippen LogP contribution in [0.15, 0.2) is 42.5 Å². The zero-order valence-corrected chi connectivity index (χ0v) is 12.9. The van der Waals surface area contributed by atoms with E-state index in [-0.39, 0.29) is 5.56 Å². The van der Waals surface area contributed by atoms with E-state index in [0.29, 0.717) is 11.4 Å². The number of aromatic carboxylic acids is 1. The Labute approximate surface area is 137 Å². The van der Waals surface area contributed by atoms with Crippen molar-refractivity contribution in [1.82, 2.24) is 14.5 Å². The summed E-state index contributed by atoms with van der Waals surface area (Å²) in [5, 5.41) is 10.3.